The van der Waals surface area contributed by atoms with Crippen LogP contribution in [0.2, 0.25) is 0 Å². The molecule has 0 atom stereocenters. The molecule has 0 unspecified atom stereocenters. The van der Waals surface area contributed by atoms with Gasteiger partial charge in [0.25, 0.3) is 0 Å². The van der Waals surface area contributed by atoms with Crippen LogP contribution in [0.5, 0.6) is 5.75 Å². The number of aromatic nitrogens is 2. The normalized spacial score (nSPS) is 11.1. The van der Waals surface area contributed by atoms with Crippen molar-refractivity contribution in [2.45, 2.75) is 26.5 Å². The minimum atomic E-state index is -0.931. The Morgan fingerprint density at radius 3 is 2.78 bits per heavy atom. The van der Waals surface area contributed by atoms with E-state index in [9.17, 15) is 9.90 Å². The smallest absolute Gasteiger partial charge is 0.336 e. The van der Waals surface area contributed by atoms with Crippen LogP contribution < -0.4 is 4.74 Å². The van der Waals surface area contributed by atoms with Crippen molar-refractivity contribution < 1.29 is 14.6 Å². The van der Waals surface area contributed by atoms with Gasteiger partial charge in [-0.2, -0.15) is 0 Å². The van der Waals surface area contributed by atoms with Crippen molar-refractivity contribution in [3.8, 4) is 5.75 Å². The predicted octanol–water partition coefficient (Wildman–Crippen LogP) is 3.89. The van der Waals surface area contributed by atoms with Crippen LogP contribution in [0, 0.1) is 0 Å². The molecule has 2 heterocycles. The minimum Gasteiger partial charge on any atom is -0.487 e. The summed E-state index contributed by atoms with van der Waals surface area (Å²) in [6.45, 7) is 4.43. The molecule has 0 amide bonds. The third-order valence-corrected chi connectivity index (χ3v) is 3.75. The van der Waals surface area contributed by atoms with Crippen molar-refractivity contribution in [2.75, 3.05) is 0 Å². The third-order valence-electron chi connectivity index (χ3n) is 3.75. The summed E-state index contributed by atoms with van der Waals surface area (Å²) in [6, 6.07) is 9.20. The highest BCUT2D eigenvalue weighted by Gasteiger charge is 2.17. The lowest BCUT2D eigenvalue weighted by Gasteiger charge is -2.09. The maximum absolute atomic E-state index is 11.6. The van der Waals surface area contributed by atoms with Crippen molar-refractivity contribution in [1.82, 2.24) is 9.55 Å². The highest BCUT2D eigenvalue weighted by molar-refractivity contribution is 6.04. The maximum atomic E-state index is 11.6. The molecule has 0 saturated heterocycles. The summed E-state index contributed by atoms with van der Waals surface area (Å²) in [7, 11) is 0. The van der Waals surface area contributed by atoms with E-state index in [1.807, 2.05) is 18.3 Å². The molecule has 0 fully saturated rings. The van der Waals surface area contributed by atoms with Crippen molar-refractivity contribution in [3.63, 3.8) is 0 Å². The Kier molecular flexibility index (Phi) is 4.02. The summed E-state index contributed by atoms with van der Waals surface area (Å²) in [5, 5.41) is 10.2. The van der Waals surface area contributed by atoms with E-state index >= 15 is 0 Å². The van der Waals surface area contributed by atoms with E-state index < -0.39 is 5.97 Å². The van der Waals surface area contributed by atoms with Crippen LogP contribution >= 0.6 is 0 Å². The number of hydrogen-bond donors (Lipinski definition) is 1. The van der Waals surface area contributed by atoms with Gasteiger partial charge in [-0.1, -0.05) is 6.07 Å². The van der Waals surface area contributed by atoms with Crippen LogP contribution in [0.15, 0.2) is 48.9 Å². The van der Waals surface area contributed by atoms with Gasteiger partial charge in [0, 0.05) is 34.9 Å². The van der Waals surface area contributed by atoms with E-state index in [0.717, 1.165) is 16.5 Å². The molecule has 118 valence electrons. The Balaban J connectivity index is 2.06. The van der Waals surface area contributed by atoms with Gasteiger partial charge in [-0.3, -0.25) is 4.98 Å². The fraction of sp³-hybridized carbons (Fsp3) is 0.222. The Morgan fingerprint density at radius 2 is 2.13 bits per heavy atom. The van der Waals surface area contributed by atoms with Crippen molar-refractivity contribution in [3.05, 3.63) is 60.0 Å². The number of pyridine rings is 1. The van der Waals surface area contributed by atoms with E-state index in [1.54, 1.807) is 30.6 Å². The monoisotopic (exact) mass is 310 g/mol. The number of ether oxygens (including phenoxy) is 1. The number of aromatic carboxylic acids is 1. The van der Waals surface area contributed by atoms with Gasteiger partial charge in [-0.15, -0.1) is 0 Å². The lowest BCUT2D eigenvalue weighted by molar-refractivity contribution is 0.0699. The molecule has 0 aliphatic carbocycles. The fourth-order valence-electron chi connectivity index (χ4n) is 2.70. The van der Waals surface area contributed by atoms with Crippen LogP contribution in [-0.4, -0.2) is 20.6 Å². The van der Waals surface area contributed by atoms with Gasteiger partial charge in [-0.05, 0) is 38.1 Å². The largest absolute Gasteiger partial charge is 0.487 e. The van der Waals surface area contributed by atoms with Crippen LogP contribution in [-0.2, 0) is 6.61 Å². The summed E-state index contributed by atoms with van der Waals surface area (Å²) in [5.41, 5.74) is 2.06. The van der Waals surface area contributed by atoms with Crippen LogP contribution in [0.4, 0.5) is 0 Å². The van der Waals surface area contributed by atoms with Crippen molar-refractivity contribution in [1.29, 1.82) is 0 Å². The third kappa shape index (κ3) is 2.90. The molecule has 5 heteroatoms. The van der Waals surface area contributed by atoms with E-state index in [2.05, 4.69) is 23.4 Å². The van der Waals surface area contributed by atoms with Gasteiger partial charge in [0.15, 0.2) is 0 Å². The molecule has 1 aromatic carbocycles. The zero-order valence-corrected chi connectivity index (χ0v) is 13.1. The van der Waals surface area contributed by atoms with Gasteiger partial charge >= 0.3 is 5.97 Å². The summed E-state index contributed by atoms with van der Waals surface area (Å²) < 4.78 is 7.83. The van der Waals surface area contributed by atoms with E-state index in [-0.39, 0.29) is 6.04 Å². The molecule has 0 radical (unpaired) electrons. The minimum absolute atomic E-state index is 0.230. The lowest BCUT2D eigenvalue weighted by Crippen LogP contribution is -2.00. The van der Waals surface area contributed by atoms with Crippen molar-refractivity contribution in [2.24, 2.45) is 0 Å². The first kappa shape index (κ1) is 15.1. The second kappa shape index (κ2) is 6.12. The summed E-state index contributed by atoms with van der Waals surface area (Å²) in [6.07, 6.45) is 5.29. The van der Waals surface area contributed by atoms with Gasteiger partial charge in [0.1, 0.15) is 12.4 Å². The Morgan fingerprint density at radius 1 is 1.30 bits per heavy atom. The molecule has 1 N–H and O–H groups in total. The van der Waals surface area contributed by atoms with E-state index in [4.69, 9.17) is 4.74 Å². The summed E-state index contributed by atoms with van der Waals surface area (Å²) in [5.74, 6) is -0.273. The number of carboxylic acids is 1. The van der Waals surface area contributed by atoms with Crippen LogP contribution in [0.3, 0.4) is 0 Å². The van der Waals surface area contributed by atoms with E-state index in [0.29, 0.717) is 17.9 Å². The highest BCUT2D eigenvalue weighted by atomic mass is 16.5. The quantitative estimate of drug-likeness (QED) is 0.776. The number of carboxylic acid groups (broad SMARTS) is 1. The van der Waals surface area contributed by atoms with Gasteiger partial charge in [0.2, 0.25) is 0 Å². The summed E-state index contributed by atoms with van der Waals surface area (Å²) >= 11 is 0. The molecule has 0 saturated carbocycles. The van der Waals surface area contributed by atoms with Crippen molar-refractivity contribution >= 4 is 16.9 Å². The molecule has 2 aromatic heterocycles. The zero-order chi connectivity index (χ0) is 16.4. The topological polar surface area (TPSA) is 64.4 Å². The second-order valence-corrected chi connectivity index (χ2v) is 5.64. The molecule has 3 rings (SSSR count). The number of carbonyl (C=O) groups is 1. The van der Waals surface area contributed by atoms with Crippen LogP contribution in [0.25, 0.3) is 10.9 Å². The molecular weight excluding hydrogens is 292 g/mol. The van der Waals surface area contributed by atoms with Gasteiger partial charge < -0.3 is 14.4 Å². The molecule has 0 aliphatic rings. The first-order valence-electron chi connectivity index (χ1n) is 7.46. The van der Waals surface area contributed by atoms with E-state index in [1.165, 1.54) is 0 Å². The second-order valence-electron chi connectivity index (χ2n) is 5.64. The number of rotatable bonds is 5. The number of hydrogen-bond acceptors (Lipinski definition) is 3. The molecule has 23 heavy (non-hydrogen) atoms. The molecule has 3 aromatic rings. The number of fused-ring (bicyclic) bond motifs is 1. The zero-order valence-electron chi connectivity index (χ0n) is 13.1. The fourth-order valence-corrected chi connectivity index (χ4v) is 2.70. The molecular formula is C18H18N2O3. The molecule has 0 bridgehead atoms. The molecule has 0 spiro atoms. The van der Waals surface area contributed by atoms with Gasteiger partial charge in [-0.25, -0.2) is 4.79 Å². The Hall–Kier alpha value is -2.82. The molecule has 5 nitrogen and oxygen atoms in total. The first-order valence-corrected chi connectivity index (χ1v) is 7.46. The first-order chi connectivity index (χ1) is 11.1. The van der Waals surface area contributed by atoms with Gasteiger partial charge in [0.05, 0.1) is 11.8 Å². The maximum Gasteiger partial charge on any atom is 0.336 e. The average molecular weight is 310 g/mol. The molecule has 0 aliphatic heterocycles. The number of benzene rings is 1. The van der Waals surface area contributed by atoms with Crippen LogP contribution in [0.1, 0.15) is 35.8 Å². The Bertz CT molecular complexity index is 838. The standard InChI is InChI=1S/C18H18N2O3/c1-12(2)20-10-13(11-23-14-5-4-8-19-9-14)17-15(18(21)22)6-3-7-16(17)20/h3-10,12H,11H2,1-2H3,(H,21,22). The number of nitrogens with zero attached hydrogens (tertiary/aromatic N) is 2. The SMILES string of the molecule is CC(C)n1cc(COc2cccnc2)c2c(C(=O)O)cccc21. The average Bonchev–Trinajstić information content (AvgIpc) is 2.93. The summed E-state index contributed by atoms with van der Waals surface area (Å²) in [4.78, 5) is 15.6. The predicted molar refractivity (Wildman–Crippen MR) is 87.9 cm³/mol. The highest BCUT2D eigenvalue weighted by Crippen LogP contribution is 2.29. The Labute approximate surface area is 134 Å². The lowest BCUT2D eigenvalue weighted by atomic mass is 10.1.